The van der Waals surface area contributed by atoms with Gasteiger partial charge in [0.15, 0.2) is 5.16 Å². The van der Waals surface area contributed by atoms with Crippen molar-refractivity contribution in [2.24, 2.45) is 13.0 Å². The molecule has 0 atom stereocenters. The first kappa shape index (κ1) is 16.0. The molecule has 0 radical (unpaired) electrons. The first-order chi connectivity index (χ1) is 9.97. The first-order valence-electron chi connectivity index (χ1n) is 7.31. The van der Waals surface area contributed by atoms with Gasteiger partial charge in [-0.1, -0.05) is 31.5 Å². The highest BCUT2D eigenvalue weighted by Gasteiger charge is 2.10. The standard InChI is InChI=1S/C16H24N4S/c1-11(2)9-17-10-14-8-12(3)6-7-15(14)21-16-19-18-13(4)20(16)5/h6-8,11,17H,9-10H2,1-5H3. The molecule has 21 heavy (non-hydrogen) atoms. The van der Waals surface area contributed by atoms with Crippen molar-refractivity contribution in [2.45, 2.75) is 44.3 Å². The summed E-state index contributed by atoms with van der Waals surface area (Å²) < 4.78 is 2.02. The van der Waals surface area contributed by atoms with E-state index < -0.39 is 0 Å². The van der Waals surface area contributed by atoms with Gasteiger partial charge >= 0.3 is 0 Å². The molecule has 4 nitrogen and oxygen atoms in total. The molecule has 2 rings (SSSR count). The van der Waals surface area contributed by atoms with Gasteiger partial charge < -0.3 is 9.88 Å². The molecular formula is C16H24N4S. The Labute approximate surface area is 131 Å². The van der Waals surface area contributed by atoms with Crippen LogP contribution in [0.25, 0.3) is 0 Å². The van der Waals surface area contributed by atoms with Crippen molar-refractivity contribution < 1.29 is 0 Å². The topological polar surface area (TPSA) is 42.7 Å². The molecule has 1 N–H and O–H groups in total. The van der Waals surface area contributed by atoms with Gasteiger partial charge in [0, 0.05) is 18.5 Å². The molecule has 0 unspecified atom stereocenters. The number of benzene rings is 1. The summed E-state index contributed by atoms with van der Waals surface area (Å²) in [6, 6.07) is 6.58. The Morgan fingerprint density at radius 2 is 2.00 bits per heavy atom. The van der Waals surface area contributed by atoms with Crippen LogP contribution in [-0.4, -0.2) is 21.3 Å². The molecule has 0 bridgehead atoms. The van der Waals surface area contributed by atoms with Crippen LogP contribution in [0.1, 0.15) is 30.8 Å². The van der Waals surface area contributed by atoms with E-state index in [2.05, 4.69) is 54.5 Å². The second-order valence-corrected chi connectivity index (χ2v) is 6.84. The molecule has 0 spiro atoms. The number of nitrogens with one attached hydrogen (secondary N) is 1. The Balaban J connectivity index is 2.16. The summed E-state index contributed by atoms with van der Waals surface area (Å²) in [5, 5.41) is 12.8. The molecule has 0 aliphatic carbocycles. The first-order valence-corrected chi connectivity index (χ1v) is 8.13. The van der Waals surface area contributed by atoms with Crippen LogP contribution in [0.15, 0.2) is 28.3 Å². The van der Waals surface area contributed by atoms with Crippen LogP contribution < -0.4 is 5.32 Å². The van der Waals surface area contributed by atoms with Gasteiger partial charge in [-0.05, 0) is 49.7 Å². The fourth-order valence-corrected chi connectivity index (χ4v) is 2.96. The third kappa shape index (κ3) is 4.32. The number of hydrogen-bond donors (Lipinski definition) is 1. The Morgan fingerprint density at radius 3 is 2.62 bits per heavy atom. The van der Waals surface area contributed by atoms with E-state index in [9.17, 15) is 0 Å². The molecule has 0 fully saturated rings. The van der Waals surface area contributed by atoms with Gasteiger partial charge in [-0.3, -0.25) is 0 Å². The molecule has 0 saturated carbocycles. The summed E-state index contributed by atoms with van der Waals surface area (Å²) in [6.45, 7) is 10.5. The lowest BCUT2D eigenvalue weighted by Gasteiger charge is -2.12. The van der Waals surface area contributed by atoms with Gasteiger partial charge in [-0.25, -0.2) is 0 Å². The van der Waals surface area contributed by atoms with E-state index in [0.717, 1.165) is 24.1 Å². The van der Waals surface area contributed by atoms with Crippen LogP contribution in [0.4, 0.5) is 0 Å². The molecule has 114 valence electrons. The van der Waals surface area contributed by atoms with Crippen LogP contribution in [0.2, 0.25) is 0 Å². The Bertz CT molecular complexity index is 604. The zero-order chi connectivity index (χ0) is 15.4. The van der Waals surface area contributed by atoms with E-state index in [1.54, 1.807) is 11.8 Å². The van der Waals surface area contributed by atoms with Crippen LogP contribution >= 0.6 is 11.8 Å². The molecule has 0 amide bonds. The highest BCUT2D eigenvalue weighted by molar-refractivity contribution is 7.99. The van der Waals surface area contributed by atoms with Crippen molar-refractivity contribution in [2.75, 3.05) is 6.54 Å². The fraction of sp³-hybridized carbons (Fsp3) is 0.500. The smallest absolute Gasteiger partial charge is 0.195 e. The van der Waals surface area contributed by atoms with Crippen LogP contribution in [0.3, 0.4) is 0 Å². The van der Waals surface area contributed by atoms with Gasteiger partial charge in [0.05, 0.1) is 0 Å². The zero-order valence-corrected chi connectivity index (χ0v) is 14.3. The maximum Gasteiger partial charge on any atom is 0.195 e. The average Bonchev–Trinajstić information content (AvgIpc) is 2.73. The second kappa shape index (κ2) is 7.09. The molecule has 2 aromatic rings. The highest BCUT2D eigenvalue weighted by Crippen LogP contribution is 2.29. The zero-order valence-electron chi connectivity index (χ0n) is 13.5. The van der Waals surface area contributed by atoms with E-state index in [1.165, 1.54) is 16.0 Å². The minimum atomic E-state index is 0.660. The lowest BCUT2D eigenvalue weighted by Crippen LogP contribution is -2.19. The van der Waals surface area contributed by atoms with E-state index in [0.29, 0.717) is 5.92 Å². The number of aryl methyl sites for hydroxylation is 2. The summed E-state index contributed by atoms with van der Waals surface area (Å²) in [4.78, 5) is 1.24. The van der Waals surface area contributed by atoms with Crippen LogP contribution in [0, 0.1) is 19.8 Å². The summed E-state index contributed by atoms with van der Waals surface area (Å²) >= 11 is 1.68. The largest absolute Gasteiger partial charge is 0.312 e. The molecule has 0 aliphatic rings. The second-order valence-electron chi connectivity index (χ2n) is 5.83. The van der Waals surface area contributed by atoms with Gasteiger partial charge in [-0.15, -0.1) is 10.2 Å². The third-order valence-corrected chi connectivity index (χ3v) is 4.49. The van der Waals surface area contributed by atoms with Crippen LogP contribution in [0.5, 0.6) is 0 Å². The number of rotatable bonds is 6. The Morgan fingerprint density at radius 1 is 1.24 bits per heavy atom. The van der Waals surface area contributed by atoms with Crippen molar-refractivity contribution in [3.05, 3.63) is 35.2 Å². The molecule has 0 aliphatic heterocycles. The maximum atomic E-state index is 4.24. The predicted molar refractivity (Wildman–Crippen MR) is 87.6 cm³/mol. The van der Waals surface area contributed by atoms with Crippen LogP contribution in [-0.2, 0) is 13.6 Å². The van der Waals surface area contributed by atoms with Gasteiger partial charge in [0.1, 0.15) is 5.82 Å². The average molecular weight is 304 g/mol. The quantitative estimate of drug-likeness (QED) is 0.889. The number of hydrogen-bond acceptors (Lipinski definition) is 4. The minimum absolute atomic E-state index is 0.660. The van der Waals surface area contributed by atoms with E-state index in [4.69, 9.17) is 0 Å². The summed E-state index contributed by atoms with van der Waals surface area (Å²) in [7, 11) is 2.00. The normalized spacial score (nSPS) is 11.3. The van der Waals surface area contributed by atoms with Crippen molar-refractivity contribution in [3.63, 3.8) is 0 Å². The summed E-state index contributed by atoms with van der Waals surface area (Å²) in [6.07, 6.45) is 0. The fourth-order valence-electron chi connectivity index (χ4n) is 2.02. The molecular weight excluding hydrogens is 280 g/mol. The van der Waals surface area contributed by atoms with Crippen molar-refractivity contribution in [1.29, 1.82) is 0 Å². The molecule has 1 aromatic heterocycles. The van der Waals surface area contributed by atoms with E-state index in [1.807, 2.05) is 18.5 Å². The molecule has 5 heteroatoms. The lowest BCUT2D eigenvalue weighted by atomic mass is 10.1. The number of aromatic nitrogens is 3. The maximum absolute atomic E-state index is 4.24. The van der Waals surface area contributed by atoms with Gasteiger partial charge in [-0.2, -0.15) is 0 Å². The van der Waals surface area contributed by atoms with Gasteiger partial charge in [0.25, 0.3) is 0 Å². The third-order valence-electron chi connectivity index (χ3n) is 3.34. The predicted octanol–water partition coefficient (Wildman–Crippen LogP) is 3.33. The van der Waals surface area contributed by atoms with Gasteiger partial charge in [0.2, 0.25) is 0 Å². The highest BCUT2D eigenvalue weighted by atomic mass is 32.2. The lowest BCUT2D eigenvalue weighted by molar-refractivity contribution is 0.550. The SMILES string of the molecule is Cc1ccc(Sc2nnc(C)n2C)c(CNCC(C)C)c1. The molecule has 0 saturated heterocycles. The van der Waals surface area contributed by atoms with E-state index >= 15 is 0 Å². The van der Waals surface area contributed by atoms with Crippen molar-refractivity contribution in [3.8, 4) is 0 Å². The van der Waals surface area contributed by atoms with E-state index in [-0.39, 0.29) is 0 Å². The number of nitrogens with zero attached hydrogens (tertiary/aromatic N) is 3. The summed E-state index contributed by atoms with van der Waals surface area (Å²) in [5.41, 5.74) is 2.61. The monoisotopic (exact) mass is 304 g/mol. The minimum Gasteiger partial charge on any atom is -0.312 e. The Hall–Kier alpha value is -1.33. The Kier molecular flexibility index (Phi) is 5.42. The molecule has 1 heterocycles. The molecule has 1 aromatic carbocycles. The summed E-state index contributed by atoms with van der Waals surface area (Å²) in [5.74, 6) is 1.59. The van der Waals surface area contributed by atoms with Crippen molar-refractivity contribution in [1.82, 2.24) is 20.1 Å². The van der Waals surface area contributed by atoms with Crippen molar-refractivity contribution >= 4 is 11.8 Å².